The van der Waals surface area contributed by atoms with Crippen LogP contribution < -0.4 is 0 Å². The van der Waals surface area contributed by atoms with Crippen molar-refractivity contribution in [1.82, 2.24) is 0 Å². The molecule has 4 heteroatoms. The maximum absolute atomic E-state index is 11.4. The summed E-state index contributed by atoms with van der Waals surface area (Å²) in [5.41, 5.74) is -0.800. The Morgan fingerprint density at radius 1 is 1.05 bits per heavy atom. The molecule has 0 spiro atoms. The molecule has 0 saturated heterocycles. The number of carboxylic acid groups (broad SMARTS) is 2. The minimum atomic E-state index is -1.83. The van der Waals surface area contributed by atoms with Gasteiger partial charge in [0.25, 0.3) is 0 Å². The molecule has 0 fully saturated rings. The van der Waals surface area contributed by atoms with Crippen molar-refractivity contribution in [1.29, 1.82) is 0 Å². The van der Waals surface area contributed by atoms with E-state index >= 15 is 0 Å². The summed E-state index contributed by atoms with van der Waals surface area (Å²) in [7, 11) is 0. The van der Waals surface area contributed by atoms with Crippen LogP contribution in [0.5, 0.6) is 0 Å². The summed E-state index contributed by atoms with van der Waals surface area (Å²) < 4.78 is 0. The summed E-state index contributed by atoms with van der Waals surface area (Å²) in [6, 6.07) is 0. The van der Waals surface area contributed by atoms with Gasteiger partial charge in [0.05, 0.1) is 0 Å². The Hall–Kier alpha value is -1.84. The van der Waals surface area contributed by atoms with Crippen molar-refractivity contribution in [2.45, 2.75) is 40.5 Å². The highest BCUT2D eigenvalue weighted by Gasteiger charge is 2.48. The maximum atomic E-state index is 11.4. The summed E-state index contributed by atoms with van der Waals surface area (Å²) in [6.45, 7) is 8.74. The fourth-order valence-electron chi connectivity index (χ4n) is 4.04. The zero-order valence-electron chi connectivity index (χ0n) is 13.6. The number of aliphatic carboxylic acids is 2. The number of hydrogen-bond donors (Lipinski definition) is 2. The second-order valence-corrected chi connectivity index (χ2v) is 7.67. The molecule has 0 heterocycles. The van der Waals surface area contributed by atoms with E-state index in [1.165, 1.54) is 6.08 Å². The lowest BCUT2D eigenvalue weighted by atomic mass is 9.57. The number of carboxylic acids is 2. The zero-order valence-corrected chi connectivity index (χ0v) is 13.6. The molecule has 1 atom stereocenters. The lowest BCUT2D eigenvalue weighted by Gasteiger charge is -2.47. The second kappa shape index (κ2) is 5.11. The summed E-state index contributed by atoms with van der Waals surface area (Å²) in [4.78, 5) is 22.8. The quantitative estimate of drug-likeness (QED) is 0.616. The number of carbonyl (C=O) groups is 2. The van der Waals surface area contributed by atoms with Crippen LogP contribution in [0.2, 0.25) is 0 Å². The molecule has 0 bridgehead atoms. The fraction of sp³-hybridized carbons (Fsp3) is 0.556. The van der Waals surface area contributed by atoms with E-state index in [1.807, 2.05) is 0 Å². The topological polar surface area (TPSA) is 74.6 Å². The van der Waals surface area contributed by atoms with E-state index < -0.39 is 17.4 Å². The Bertz CT molecular complexity index is 576. The van der Waals surface area contributed by atoms with Crippen LogP contribution in [0.15, 0.2) is 36.0 Å². The Labute approximate surface area is 131 Å². The highest BCUT2D eigenvalue weighted by atomic mass is 16.4. The van der Waals surface area contributed by atoms with Crippen molar-refractivity contribution in [3.63, 3.8) is 0 Å². The van der Waals surface area contributed by atoms with Crippen LogP contribution in [0.1, 0.15) is 40.5 Å². The molecule has 0 saturated carbocycles. The van der Waals surface area contributed by atoms with E-state index in [2.05, 4.69) is 39.8 Å². The van der Waals surface area contributed by atoms with E-state index in [-0.39, 0.29) is 23.2 Å². The van der Waals surface area contributed by atoms with Crippen LogP contribution >= 0.6 is 0 Å². The van der Waals surface area contributed by atoms with Gasteiger partial charge < -0.3 is 10.2 Å². The van der Waals surface area contributed by atoms with Gasteiger partial charge in [-0.3, -0.25) is 9.59 Å². The molecule has 2 aliphatic carbocycles. The van der Waals surface area contributed by atoms with Crippen molar-refractivity contribution in [3.8, 4) is 0 Å². The first kappa shape index (κ1) is 16.5. The molecule has 0 aromatic rings. The minimum absolute atomic E-state index is 0.00409. The van der Waals surface area contributed by atoms with E-state index in [0.717, 1.165) is 12.0 Å². The van der Waals surface area contributed by atoms with Gasteiger partial charge in [0.1, 0.15) is 0 Å². The molecule has 0 radical (unpaired) electrons. The van der Waals surface area contributed by atoms with Crippen molar-refractivity contribution < 1.29 is 19.8 Å². The summed E-state index contributed by atoms with van der Waals surface area (Å²) in [5, 5.41) is 18.6. The van der Waals surface area contributed by atoms with Gasteiger partial charge in [-0.25, -0.2) is 0 Å². The highest BCUT2D eigenvalue weighted by molar-refractivity contribution is 6.01. The predicted octanol–water partition coefficient (Wildman–Crippen LogP) is 3.66. The lowest BCUT2D eigenvalue weighted by Crippen LogP contribution is -2.41. The first-order chi connectivity index (χ1) is 10.0. The SMILES string of the molecule is CC1(C)C=CCC(C)(C)C1C1=CCC(C(=O)O)(C(=O)O)C=C1. The van der Waals surface area contributed by atoms with Gasteiger partial charge in [0, 0.05) is 0 Å². The average Bonchev–Trinajstić information content (AvgIpc) is 2.36. The number of allylic oxidation sites excluding steroid dienone is 5. The smallest absolute Gasteiger partial charge is 0.325 e. The molecule has 0 aliphatic heterocycles. The Kier molecular flexibility index (Phi) is 3.84. The molecule has 0 aromatic carbocycles. The molecule has 0 aromatic heterocycles. The molecule has 120 valence electrons. The molecular weight excluding hydrogens is 280 g/mol. The van der Waals surface area contributed by atoms with Crippen molar-refractivity contribution in [2.75, 3.05) is 0 Å². The zero-order chi connectivity index (χ0) is 16.8. The van der Waals surface area contributed by atoms with Crippen LogP contribution in [0.3, 0.4) is 0 Å². The summed E-state index contributed by atoms with van der Waals surface area (Å²) in [5.74, 6) is -2.40. The third kappa shape index (κ3) is 2.51. The largest absolute Gasteiger partial charge is 0.480 e. The minimum Gasteiger partial charge on any atom is -0.480 e. The molecule has 1 unspecified atom stereocenters. The molecule has 22 heavy (non-hydrogen) atoms. The monoisotopic (exact) mass is 304 g/mol. The Morgan fingerprint density at radius 2 is 1.64 bits per heavy atom. The van der Waals surface area contributed by atoms with E-state index in [0.29, 0.717) is 0 Å². The molecule has 2 aliphatic rings. The predicted molar refractivity (Wildman–Crippen MR) is 84.4 cm³/mol. The van der Waals surface area contributed by atoms with Crippen molar-refractivity contribution in [3.05, 3.63) is 36.0 Å². The fourth-order valence-corrected chi connectivity index (χ4v) is 4.04. The van der Waals surface area contributed by atoms with Crippen LogP contribution in [0.4, 0.5) is 0 Å². The molecule has 0 amide bonds. The molecule has 4 nitrogen and oxygen atoms in total. The molecule has 2 rings (SSSR count). The summed E-state index contributed by atoms with van der Waals surface area (Å²) in [6.07, 6.45) is 10.2. The van der Waals surface area contributed by atoms with Gasteiger partial charge in [-0.15, -0.1) is 0 Å². The second-order valence-electron chi connectivity index (χ2n) is 7.67. The maximum Gasteiger partial charge on any atom is 0.325 e. The van der Waals surface area contributed by atoms with Gasteiger partial charge in [0.2, 0.25) is 0 Å². The average molecular weight is 304 g/mol. The van der Waals surface area contributed by atoms with Gasteiger partial charge in [-0.2, -0.15) is 0 Å². The normalized spacial score (nSPS) is 28.0. The van der Waals surface area contributed by atoms with Gasteiger partial charge >= 0.3 is 11.9 Å². The van der Waals surface area contributed by atoms with E-state index in [9.17, 15) is 19.8 Å². The molecular formula is C18H24O4. The highest BCUT2D eigenvalue weighted by Crippen LogP contribution is 2.52. The lowest BCUT2D eigenvalue weighted by molar-refractivity contribution is -0.160. The Morgan fingerprint density at radius 3 is 2.05 bits per heavy atom. The van der Waals surface area contributed by atoms with Crippen LogP contribution in [-0.4, -0.2) is 22.2 Å². The third-order valence-electron chi connectivity index (χ3n) is 5.03. The first-order valence-corrected chi connectivity index (χ1v) is 7.57. The third-order valence-corrected chi connectivity index (χ3v) is 5.03. The number of hydrogen-bond acceptors (Lipinski definition) is 2. The van der Waals surface area contributed by atoms with E-state index in [1.54, 1.807) is 12.2 Å². The standard InChI is InChI=1S/C18H24O4/c1-16(2)8-5-9-17(3,4)13(16)12-6-10-18(11-7-12,14(19)20)15(21)22/h5-8,10,13H,9,11H2,1-4H3,(H,19,20)(H,21,22). The number of rotatable bonds is 3. The van der Waals surface area contributed by atoms with Gasteiger partial charge in [-0.05, 0) is 35.2 Å². The molecule has 2 N–H and O–H groups in total. The van der Waals surface area contributed by atoms with Gasteiger partial charge in [0.15, 0.2) is 5.41 Å². The van der Waals surface area contributed by atoms with Crippen LogP contribution in [-0.2, 0) is 9.59 Å². The van der Waals surface area contributed by atoms with Crippen LogP contribution in [0.25, 0.3) is 0 Å². The summed E-state index contributed by atoms with van der Waals surface area (Å²) >= 11 is 0. The van der Waals surface area contributed by atoms with E-state index in [4.69, 9.17) is 0 Å². The van der Waals surface area contributed by atoms with Crippen molar-refractivity contribution in [2.24, 2.45) is 22.2 Å². The van der Waals surface area contributed by atoms with Gasteiger partial charge in [-0.1, -0.05) is 58.1 Å². The first-order valence-electron chi connectivity index (χ1n) is 7.57. The van der Waals surface area contributed by atoms with Crippen molar-refractivity contribution >= 4 is 11.9 Å². The van der Waals surface area contributed by atoms with Crippen LogP contribution in [0, 0.1) is 22.2 Å². The Balaban J connectivity index is 2.39.